The number of aliphatic hydroxyl groups excluding tert-OH is 1. The van der Waals surface area contributed by atoms with Crippen LogP contribution in [0.2, 0.25) is 0 Å². The van der Waals surface area contributed by atoms with Gasteiger partial charge in [0.25, 0.3) is 5.91 Å². The van der Waals surface area contributed by atoms with Gasteiger partial charge in [-0.1, -0.05) is 38.7 Å². The zero-order valence-electron chi connectivity index (χ0n) is 21.9. The topological polar surface area (TPSA) is 87.2 Å². The van der Waals surface area contributed by atoms with E-state index < -0.39 is 28.0 Å². The molecule has 7 nitrogen and oxygen atoms in total. The molecule has 1 amide bonds. The van der Waals surface area contributed by atoms with Crippen LogP contribution < -0.4 is 4.74 Å². The van der Waals surface area contributed by atoms with E-state index in [1.807, 2.05) is 6.92 Å². The number of aliphatic hydroxyl groups is 1. The molecular formula is C28H35FN2O5S. The van der Waals surface area contributed by atoms with E-state index in [4.69, 9.17) is 4.74 Å². The molecule has 37 heavy (non-hydrogen) atoms. The third kappa shape index (κ3) is 6.89. The Morgan fingerprint density at radius 1 is 1.24 bits per heavy atom. The van der Waals surface area contributed by atoms with Gasteiger partial charge in [-0.15, -0.1) is 0 Å². The van der Waals surface area contributed by atoms with E-state index in [0.29, 0.717) is 17.9 Å². The molecule has 3 atom stereocenters. The first-order valence-corrected chi connectivity index (χ1v) is 13.8. The van der Waals surface area contributed by atoms with Crippen LogP contribution in [0.15, 0.2) is 47.4 Å². The molecule has 2 aromatic rings. The first kappa shape index (κ1) is 28.6. The van der Waals surface area contributed by atoms with Crippen LogP contribution in [0, 0.1) is 29.5 Å². The van der Waals surface area contributed by atoms with Gasteiger partial charge in [-0.25, -0.2) is 12.8 Å². The monoisotopic (exact) mass is 530 g/mol. The number of amides is 1. The maximum atomic E-state index is 13.7. The lowest BCUT2D eigenvalue weighted by Gasteiger charge is -2.37. The van der Waals surface area contributed by atoms with Gasteiger partial charge in [0.15, 0.2) is 0 Å². The molecule has 3 rings (SSSR count). The average molecular weight is 531 g/mol. The highest BCUT2D eigenvalue weighted by Crippen LogP contribution is 2.34. The molecule has 2 aromatic carbocycles. The number of hydrogen-bond acceptors (Lipinski definition) is 5. The van der Waals surface area contributed by atoms with Crippen molar-refractivity contribution in [2.45, 2.75) is 51.2 Å². The zero-order valence-corrected chi connectivity index (χ0v) is 22.8. The third-order valence-corrected chi connectivity index (χ3v) is 8.30. The van der Waals surface area contributed by atoms with Crippen LogP contribution in [-0.4, -0.2) is 67.5 Å². The minimum absolute atomic E-state index is 0.0155. The van der Waals surface area contributed by atoms with Crippen molar-refractivity contribution in [1.29, 1.82) is 0 Å². The van der Waals surface area contributed by atoms with Gasteiger partial charge in [-0.2, -0.15) is 4.31 Å². The molecule has 1 N–H and O–H groups in total. The van der Waals surface area contributed by atoms with E-state index in [1.165, 1.54) is 33.5 Å². The number of ether oxygens (including phenoxy) is 1. The molecule has 9 heteroatoms. The maximum Gasteiger partial charge on any atom is 0.253 e. The molecule has 0 bridgehead atoms. The summed E-state index contributed by atoms with van der Waals surface area (Å²) in [6.45, 7) is 7.50. The summed E-state index contributed by atoms with van der Waals surface area (Å²) >= 11 is 0. The lowest BCUT2D eigenvalue weighted by atomic mass is 10.0. The molecule has 0 aromatic heterocycles. The van der Waals surface area contributed by atoms with Crippen LogP contribution >= 0.6 is 0 Å². The Bertz CT molecular complexity index is 1280. The molecule has 0 fully saturated rings. The standard InChI is InChI=1S/C28H35FN2O5S/c1-19(2)8-6-9-22-12-13-27-25(14-22)36-26(20(3)16-31(21(4)18-32)37(27,34)35)17-30(5)28(33)23-10-7-11-24(29)15-23/h7,10-15,19-21,26,32H,8,16-18H2,1-5H3/t20-,21+,26+/m1/s1. The van der Waals surface area contributed by atoms with Crippen molar-refractivity contribution in [2.24, 2.45) is 11.8 Å². The predicted molar refractivity (Wildman–Crippen MR) is 140 cm³/mol. The Morgan fingerprint density at radius 3 is 2.62 bits per heavy atom. The van der Waals surface area contributed by atoms with E-state index >= 15 is 0 Å². The van der Waals surface area contributed by atoms with Crippen molar-refractivity contribution in [3.8, 4) is 17.6 Å². The molecule has 0 radical (unpaired) electrons. The summed E-state index contributed by atoms with van der Waals surface area (Å²) in [6.07, 6.45) is 0.119. The third-order valence-electron chi connectivity index (χ3n) is 6.28. The van der Waals surface area contributed by atoms with Crippen LogP contribution in [0.25, 0.3) is 0 Å². The van der Waals surface area contributed by atoms with Crippen molar-refractivity contribution in [1.82, 2.24) is 9.21 Å². The largest absolute Gasteiger partial charge is 0.487 e. The van der Waals surface area contributed by atoms with E-state index in [-0.39, 0.29) is 47.7 Å². The first-order chi connectivity index (χ1) is 17.4. The Kier molecular flexibility index (Phi) is 9.35. The summed E-state index contributed by atoms with van der Waals surface area (Å²) in [4.78, 5) is 14.4. The zero-order chi connectivity index (χ0) is 27.3. The molecule has 1 aliphatic heterocycles. The number of fused-ring (bicyclic) bond motifs is 1. The van der Waals surface area contributed by atoms with Crippen LogP contribution in [-0.2, 0) is 10.0 Å². The van der Waals surface area contributed by atoms with Gasteiger partial charge >= 0.3 is 0 Å². The smallest absolute Gasteiger partial charge is 0.253 e. The second-order valence-electron chi connectivity index (χ2n) is 10.00. The second-order valence-corrected chi connectivity index (χ2v) is 11.9. The Morgan fingerprint density at radius 2 is 1.97 bits per heavy atom. The summed E-state index contributed by atoms with van der Waals surface area (Å²) in [5, 5.41) is 9.80. The normalized spacial score (nSPS) is 20.0. The quantitative estimate of drug-likeness (QED) is 0.575. The molecule has 0 unspecified atom stereocenters. The highest BCUT2D eigenvalue weighted by Gasteiger charge is 2.38. The SMILES string of the molecule is CC(C)CC#Cc1ccc2c(c1)O[C@@H](CN(C)C(=O)c1cccc(F)c1)[C@H](C)CN([C@@H](C)CO)S2(=O)=O. The predicted octanol–water partition coefficient (Wildman–Crippen LogP) is 3.76. The Balaban J connectivity index is 2.00. The number of halogens is 1. The molecule has 0 saturated heterocycles. The minimum atomic E-state index is -3.98. The highest BCUT2D eigenvalue weighted by molar-refractivity contribution is 7.89. The fourth-order valence-corrected chi connectivity index (χ4v) is 5.90. The van der Waals surface area contributed by atoms with Gasteiger partial charge in [0.1, 0.15) is 22.6 Å². The Labute approximate surface area is 219 Å². The summed E-state index contributed by atoms with van der Waals surface area (Å²) < 4.78 is 48.4. The lowest BCUT2D eigenvalue weighted by Crippen LogP contribution is -2.50. The summed E-state index contributed by atoms with van der Waals surface area (Å²) in [5.74, 6) is 5.50. The van der Waals surface area contributed by atoms with Crippen LogP contribution in [0.3, 0.4) is 0 Å². The molecule has 1 heterocycles. The van der Waals surface area contributed by atoms with Crippen molar-refractivity contribution >= 4 is 15.9 Å². The number of hydrogen-bond donors (Lipinski definition) is 1. The molecule has 0 saturated carbocycles. The second kappa shape index (κ2) is 12.1. The van der Waals surface area contributed by atoms with Gasteiger partial charge in [0.2, 0.25) is 10.0 Å². The highest BCUT2D eigenvalue weighted by atomic mass is 32.2. The summed E-state index contributed by atoms with van der Waals surface area (Å²) in [5.41, 5.74) is 0.828. The van der Waals surface area contributed by atoms with E-state index in [0.717, 1.165) is 0 Å². The molecule has 1 aliphatic rings. The van der Waals surface area contributed by atoms with E-state index in [9.17, 15) is 22.7 Å². The van der Waals surface area contributed by atoms with Crippen molar-refractivity contribution in [3.63, 3.8) is 0 Å². The molecule has 0 spiro atoms. The summed E-state index contributed by atoms with van der Waals surface area (Å²) in [6, 6.07) is 9.55. The van der Waals surface area contributed by atoms with Gasteiger partial charge in [0, 0.05) is 43.1 Å². The van der Waals surface area contributed by atoms with Crippen LogP contribution in [0.4, 0.5) is 4.39 Å². The number of sulfonamides is 1. The summed E-state index contributed by atoms with van der Waals surface area (Å²) in [7, 11) is -2.38. The van der Waals surface area contributed by atoms with Crippen molar-refractivity contribution < 1.29 is 27.4 Å². The minimum Gasteiger partial charge on any atom is -0.487 e. The van der Waals surface area contributed by atoms with Crippen LogP contribution in [0.5, 0.6) is 5.75 Å². The number of rotatable bonds is 6. The fraction of sp³-hybridized carbons (Fsp3) is 0.464. The lowest BCUT2D eigenvalue weighted by molar-refractivity contribution is 0.0563. The average Bonchev–Trinajstić information content (AvgIpc) is 2.84. The van der Waals surface area contributed by atoms with Crippen molar-refractivity contribution in [3.05, 3.63) is 59.4 Å². The van der Waals surface area contributed by atoms with Gasteiger partial charge in [0.05, 0.1) is 13.2 Å². The number of carbonyl (C=O) groups is 1. The molecule has 0 aliphatic carbocycles. The van der Waals surface area contributed by atoms with Gasteiger partial charge in [-0.05, 0) is 49.2 Å². The van der Waals surface area contributed by atoms with E-state index in [1.54, 1.807) is 32.2 Å². The van der Waals surface area contributed by atoms with Gasteiger partial charge in [-0.3, -0.25) is 4.79 Å². The number of likely N-dealkylation sites (N-methyl/N-ethyl adjacent to an activating group) is 1. The Hall–Kier alpha value is -2.93. The van der Waals surface area contributed by atoms with E-state index in [2.05, 4.69) is 25.7 Å². The number of carbonyl (C=O) groups excluding carboxylic acids is 1. The first-order valence-electron chi connectivity index (χ1n) is 12.4. The number of benzene rings is 2. The molecular weight excluding hydrogens is 495 g/mol. The van der Waals surface area contributed by atoms with Crippen LogP contribution in [0.1, 0.15) is 50.0 Å². The fourth-order valence-electron chi connectivity index (χ4n) is 4.07. The number of nitrogens with zero attached hydrogens (tertiary/aromatic N) is 2. The molecule has 200 valence electrons. The van der Waals surface area contributed by atoms with Gasteiger partial charge < -0.3 is 14.7 Å². The maximum absolute atomic E-state index is 13.7. The van der Waals surface area contributed by atoms with Crippen molar-refractivity contribution in [2.75, 3.05) is 26.7 Å².